The smallest absolute Gasteiger partial charge is 0.337 e. The number of piperidine rings is 1. The molecular formula is C23H16F7N3O4. The lowest BCUT2D eigenvalue weighted by Crippen LogP contribution is -2.52. The zero-order valence-electron chi connectivity index (χ0n) is 18.5. The van der Waals surface area contributed by atoms with Crippen molar-refractivity contribution in [2.24, 2.45) is 0 Å². The van der Waals surface area contributed by atoms with Gasteiger partial charge in [0, 0.05) is 18.5 Å². The fourth-order valence-electron chi connectivity index (χ4n) is 4.22. The largest absolute Gasteiger partial charge is 0.416 e. The molecule has 4 rings (SSSR count). The van der Waals surface area contributed by atoms with Crippen LogP contribution in [0.4, 0.5) is 30.7 Å². The summed E-state index contributed by atoms with van der Waals surface area (Å²) in [6.07, 6.45) is -10.2. The minimum Gasteiger partial charge on any atom is -0.337 e. The molecule has 2 N–H and O–H groups in total. The lowest BCUT2D eigenvalue weighted by atomic mass is 10.0. The van der Waals surface area contributed by atoms with Crippen LogP contribution in [0.5, 0.6) is 0 Å². The minimum atomic E-state index is -5.23. The zero-order valence-corrected chi connectivity index (χ0v) is 18.5. The summed E-state index contributed by atoms with van der Waals surface area (Å²) in [5, 5.41) is 3.60. The molecule has 1 unspecified atom stereocenters. The second kappa shape index (κ2) is 9.16. The summed E-state index contributed by atoms with van der Waals surface area (Å²) in [7, 11) is 0. The number of benzene rings is 2. The van der Waals surface area contributed by atoms with Crippen LogP contribution >= 0.6 is 0 Å². The van der Waals surface area contributed by atoms with E-state index in [0.29, 0.717) is 12.1 Å². The summed E-state index contributed by atoms with van der Waals surface area (Å²) in [5.74, 6) is -4.97. The van der Waals surface area contributed by atoms with E-state index in [0.717, 1.165) is 23.1 Å². The summed E-state index contributed by atoms with van der Waals surface area (Å²) >= 11 is 0. The van der Waals surface area contributed by atoms with Gasteiger partial charge in [-0.05, 0) is 41.8 Å². The van der Waals surface area contributed by atoms with E-state index in [4.69, 9.17) is 0 Å². The van der Waals surface area contributed by atoms with Gasteiger partial charge in [0.1, 0.15) is 11.9 Å². The van der Waals surface area contributed by atoms with E-state index in [1.807, 2.05) is 0 Å². The topological polar surface area (TPSA) is 95.6 Å². The predicted molar refractivity (Wildman–Crippen MR) is 110 cm³/mol. The molecule has 0 saturated carbocycles. The van der Waals surface area contributed by atoms with E-state index in [1.165, 1.54) is 5.32 Å². The third-order valence-corrected chi connectivity index (χ3v) is 6.01. The number of amides is 4. The van der Waals surface area contributed by atoms with Crippen LogP contribution in [-0.4, -0.2) is 40.7 Å². The minimum absolute atomic E-state index is 0.00444. The molecule has 4 amide bonds. The molecule has 0 aliphatic carbocycles. The van der Waals surface area contributed by atoms with Crippen molar-refractivity contribution in [3.8, 4) is 0 Å². The van der Waals surface area contributed by atoms with Crippen LogP contribution in [0.3, 0.4) is 0 Å². The standard InChI is InChI=1S/C23H16F7N3O4/c24-15-8-13-11(9-33(21(13)37)16-4-5-17(34)31-20(16)36)7-14(15)19(35)32-18(23(28,29)30)10-2-1-3-12(6-10)22(25,26)27/h1-3,6-8,16,18H,4-5,9H2,(H,32,35)(H,31,34,36)/t16?,18-/m1/s1. The Balaban J connectivity index is 1.61. The van der Waals surface area contributed by atoms with E-state index < -0.39 is 70.6 Å². The van der Waals surface area contributed by atoms with Crippen molar-refractivity contribution in [3.05, 3.63) is 70.0 Å². The molecule has 7 nitrogen and oxygen atoms in total. The second-order valence-electron chi connectivity index (χ2n) is 8.46. The van der Waals surface area contributed by atoms with Crippen LogP contribution in [0.1, 0.15) is 56.3 Å². The summed E-state index contributed by atoms with van der Waals surface area (Å²) < 4.78 is 94.8. The van der Waals surface area contributed by atoms with Crippen molar-refractivity contribution in [2.45, 2.75) is 43.8 Å². The van der Waals surface area contributed by atoms with E-state index >= 15 is 0 Å². The van der Waals surface area contributed by atoms with Crippen LogP contribution in [0.2, 0.25) is 0 Å². The van der Waals surface area contributed by atoms with Gasteiger partial charge < -0.3 is 10.2 Å². The molecule has 2 aromatic carbocycles. The molecule has 0 bridgehead atoms. The first-order valence-electron chi connectivity index (χ1n) is 10.7. The summed E-state index contributed by atoms with van der Waals surface area (Å²) in [6, 6.07) is -0.172. The Kier molecular flexibility index (Phi) is 6.46. The molecule has 1 fully saturated rings. The van der Waals surface area contributed by atoms with Gasteiger partial charge in [-0.15, -0.1) is 0 Å². The van der Waals surface area contributed by atoms with E-state index in [2.05, 4.69) is 5.32 Å². The van der Waals surface area contributed by atoms with Crippen molar-refractivity contribution >= 4 is 23.6 Å². The van der Waals surface area contributed by atoms with Crippen LogP contribution < -0.4 is 10.6 Å². The van der Waals surface area contributed by atoms with Gasteiger partial charge in [-0.25, -0.2) is 4.39 Å². The maximum absolute atomic E-state index is 14.8. The molecule has 2 heterocycles. The normalized spacial score (nSPS) is 18.9. The Hall–Kier alpha value is -3.97. The van der Waals surface area contributed by atoms with Gasteiger partial charge in [0.15, 0.2) is 6.04 Å². The van der Waals surface area contributed by atoms with Gasteiger partial charge in [-0.3, -0.25) is 24.5 Å². The predicted octanol–water partition coefficient (Wildman–Crippen LogP) is 3.64. The van der Waals surface area contributed by atoms with Crippen molar-refractivity contribution in [1.82, 2.24) is 15.5 Å². The first kappa shape index (κ1) is 26.1. The molecule has 14 heteroatoms. The van der Waals surface area contributed by atoms with Crippen LogP contribution in [-0.2, 0) is 22.3 Å². The highest BCUT2D eigenvalue weighted by Gasteiger charge is 2.44. The van der Waals surface area contributed by atoms with Crippen molar-refractivity contribution in [1.29, 1.82) is 0 Å². The number of carbonyl (C=O) groups excluding carboxylic acids is 4. The highest BCUT2D eigenvalue weighted by atomic mass is 19.4. The maximum Gasteiger partial charge on any atom is 0.416 e. The molecule has 2 aliphatic heterocycles. The molecule has 0 aromatic heterocycles. The Morgan fingerprint density at radius 3 is 2.38 bits per heavy atom. The van der Waals surface area contributed by atoms with Crippen molar-refractivity contribution in [3.63, 3.8) is 0 Å². The van der Waals surface area contributed by atoms with Gasteiger partial charge in [0.2, 0.25) is 11.8 Å². The SMILES string of the molecule is O=C1CCC(N2Cc3cc(C(=O)N[C@H](c4cccc(C(F)(F)F)c4)C(F)(F)F)c(F)cc3C2=O)C(=O)N1. The van der Waals surface area contributed by atoms with Crippen molar-refractivity contribution < 1.29 is 49.9 Å². The Morgan fingerprint density at radius 2 is 1.76 bits per heavy atom. The third kappa shape index (κ3) is 5.13. The average Bonchev–Trinajstić information content (AvgIpc) is 3.10. The number of fused-ring (bicyclic) bond motifs is 1. The average molecular weight is 531 g/mol. The molecule has 0 spiro atoms. The molecule has 2 aromatic rings. The number of nitrogens with one attached hydrogen (secondary N) is 2. The van der Waals surface area contributed by atoms with Gasteiger partial charge >= 0.3 is 12.4 Å². The van der Waals surface area contributed by atoms with E-state index in [1.54, 1.807) is 0 Å². The van der Waals surface area contributed by atoms with Crippen LogP contribution in [0.25, 0.3) is 0 Å². The van der Waals surface area contributed by atoms with Gasteiger partial charge in [-0.1, -0.05) is 12.1 Å². The number of rotatable bonds is 4. The first-order valence-corrected chi connectivity index (χ1v) is 10.7. The van der Waals surface area contributed by atoms with E-state index in [-0.39, 0.29) is 36.6 Å². The van der Waals surface area contributed by atoms with Gasteiger partial charge in [0.25, 0.3) is 11.8 Å². The first-order chi connectivity index (χ1) is 17.2. The molecular weight excluding hydrogens is 515 g/mol. The lowest BCUT2D eigenvalue weighted by Gasteiger charge is -2.29. The van der Waals surface area contributed by atoms with E-state index in [9.17, 15) is 49.9 Å². The number of hydrogen-bond acceptors (Lipinski definition) is 4. The number of hydrogen-bond donors (Lipinski definition) is 2. The summed E-state index contributed by atoms with van der Waals surface area (Å²) in [5.41, 5.74) is -3.34. The molecule has 37 heavy (non-hydrogen) atoms. The van der Waals surface area contributed by atoms with Gasteiger partial charge in [-0.2, -0.15) is 26.3 Å². The summed E-state index contributed by atoms with van der Waals surface area (Å²) in [4.78, 5) is 49.9. The lowest BCUT2D eigenvalue weighted by molar-refractivity contribution is -0.156. The fraction of sp³-hybridized carbons (Fsp3) is 0.304. The Morgan fingerprint density at radius 1 is 1.05 bits per heavy atom. The van der Waals surface area contributed by atoms with Crippen molar-refractivity contribution in [2.75, 3.05) is 0 Å². The summed E-state index contributed by atoms with van der Waals surface area (Å²) in [6.45, 7) is -0.280. The Labute approximate surface area is 203 Å². The number of imide groups is 1. The van der Waals surface area contributed by atoms with Crippen LogP contribution in [0, 0.1) is 5.82 Å². The number of nitrogens with zero attached hydrogens (tertiary/aromatic N) is 1. The number of carbonyl (C=O) groups is 4. The van der Waals surface area contributed by atoms with Gasteiger partial charge in [0.05, 0.1) is 11.1 Å². The molecule has 0 radical (unpaired) electrons. The second-order valence-corrected chi connectivity index (χ2v) is 8.46. The molecule has 1 saturated heterocycles. The highest BCUT2D eigenvalue weighted by molar-refractivity contribution is 6.06. The number of halogens is 7. The molecule has 2 atom stereocenters. The highest BCUT2D eigenvalue weighted by Crippen LogP contribution is 2.37. The quantitative estimate of drug-likeness (QED) is 0.466. The maximum atomic E-state index is 14.8. The fourth-order valence-corrected chi connectivity index (χ4v) is 4.22. The Bertz CT molecular complexity index is 1310. The number of alkyl halides is 6. The zero-order chi connectivity index (χ0) is 27.3. The third-order valence-electron chi connectivity index (χ3n) is 6.01. The molecule has 2 aliphatic rings. The molecule has 196 valence electrons. The monoisotopic (exact) mass is 531 g/mol. The van der Waals surface area contributed by atoms with Crippen LogP contribution in [0.15, 0.2) is 36.4 Å².